The number of nitrogens with zero attached hydrogens (tertiary/aromatic N) is 1. The van der Waals surface area contributed by atoms with Crippen LogP contribution < -0.4 is 11.2 Å². The van der Waals surface area contributed by atoms with E-state index in [1.807, 2.05) is 0 Å². The Labute approximate surface area is 138 Å². The zero-order chi connectivity index (χ0) is 18.4. The molecular weight excluding hydrogens is 341 g/mol. The van der Waals surface area contributed by atoms with Gasteiger partial charge in [-0.3, -0.25) is 9.36 Å². The summed E-state index contributed by atoms with van der Waals surface area (Å²) in [7, 11) is 0. The maximum Gasteiger partial charge on any atom is 0.416 e. The lowest BCUT2D eigenvalue weighted by molar-refractivity contribution is -0.138. The first-order valence-corrected chi connectivity index (χ1v) is 7.48. The zero-order valence-corrected chi connectivity index (χ0v) is 12.8. The van der Waals surface area contributed by atoms with E-state index in [1.54, 1.807) is 0 Å². The molecule has 0 amide bonds. The summed E-state index contributed by atoms with van der Waals surface area (Å²) in [4.78, 5) is 37.7. The molecule has 0 radical (unpaired) electrons. The van der Waals surface area contributed by atoms with Crippen molar-refractivity contribution in [3.63, 3.8) is 0 Å². The van der Waals surface area contributed by atoms with Gasteiger partial charge >= 0.3 is 17.8 Å². The third-order valence-corrected chi connectivity index (χ3v) is 4.33. The van der Waals surface area contributed by atoms with Gasteiger partial charge in [0, 0.05) is 6.20 Å². The van der Waals surface area contributed by atoms with Gasteiger partial charge in [0.15, 0.2) is 0 Å². The number of halogens is 3. The Morgan fingerprint density at radius 1 is 1.28 bits per heavy atom. The number of carbonyl (C=O) groups is 1. The van der Waals surface area contributed by atoms with E-state index in [2.05, 4.69) is 4.98 Å². The van der Waals surface area contributed by atoms with Crippen LogP contribution in [0.1, 0.15) is 45.9 Å². The van der Waals surface area contributed by atoms with Gasteiger partial charge in [0.1, 0.15) is 5.56 Å². The summed E-state index contributed by atoms with van der Waals surface area (Å²) in [5.74, 6) is -1.52. The number of carboxylic acid groups (broad SMARTS) is 1. The summed E-state index contributed by atoms with van der Waals surface area (Å²) in [5, 5.41) is 9.04. The Hall–Kier alpha value is -2.84. The summed E-state index contributed by atoms with van der Waals surface area (Å²) >= 11 is 0. The van der Waals surface area contributed by atoms with Gasteiger partial charge in [0.2, 0.25) is 0 Å². The predicted molar refractivity (Wildman–Crippen MR) is 80.8 cm³/mol. The molecule has 0 aliphatic heterocycles. The number of benzene rings is 1. The smallest absolute Gasteiger partial charge is 0.416 e. The van der Waals surface area contributed by atoms with Crippen LogP contribution in [-0.2, 0) is 12.6 Å². The summed E-state index contributed by atoms with van der Waals surface area (Å²) in [5.41, 5.74) is -3.07. The van der Waals surface area contributed by atoms with Crippen LogP contribution in [0.25, 0.3) is 0 Å². The minimum atomic E-state index is -4.55. The highest BCUT2D eigenvalue weighted by molar-refractivity contribution is 5.86. The molecule has 9 heteroatoms. The molecule has 1 unspecified atom stereocenters. The fourth-order valence-electron chi connectivity index (χ4n) is 3.28. The van der Waals surface area contributed by atoms with Crippen LogP contribution in [0, 0.1) is 0 Å². The Balaban J connectivity index is 2.25. The molecule has 2 N–H and O–H groups in total. The van der Waals surface area contributed by atoms with Crippen LogP contribution in [0.5, 0.6) is 0 Å². The molecule has 132 valence electrons. The maximum absolute atomic E-state index is 13.2. The van der Waals surface area contributed by atoms with Gasteiger partial charge in [-0.1, -0.05) is 12.1 Å². The lowest BCUT2D eigenvalue weighted by atomic mass is 9.84. The standard InChI is InChI=1S/C16H13F3N2O4/c17-16(18,19)11-5-1-4-9-8(11)3-2-6-12(9)21-13(22)10(14(23)24)7-20-15(21)25/h1,4-5,7,12H,2-3,6H2,(H,20,25)(H,23,24). The molecule has 1 aliphatic carbocycles. The van der Waals surface area contributed by atoms with Gasteiger partial charge in [-0.25, -0.2) is 9.59 Å². The second-order valence-electron chi connectivity index (χ2n) is 5.77. The molecule has 3 rings (SSSR count). The quantitative estimate of drug-likeness (QED) is 0.865. The fourth-order valence-corrected chi connectivity index (χ4v) is 3.28. The summed E-state index contributed by atoms with van der Waals surface area (Å²) < 4.78 is 40.4. The number of hydrogen-bond donors (Lipinski definition) is 2. The monoisotopic (exact) mass is 354 g/mol. The molecule has 0 spiro atoms. The van der Waals surface area contributed by atoms with E-state index >= 15 is 0 Å². The van der Waals surface area contributed by atoms with Crippen molar-refractivity contribution in [1.82, 2.24) is 9.55 Å². The fraction of sp³-hybridized carbons (Fsp3) is 0.312. The topological polar surface area (TPSA) is 92.2 Å². The number of fused-ring (bicyclic) bond motifs is 1. The lowest BCUT2D eigenvalue weighted by Crippen LogP contribution is -2.42. The first-order chi connectivity index (χ1) is 11.7. The Morgan fingerprint density at radius 3 is 2.64 bits per heavy atom. The van der Waals surface area contributed by atoms with E-state index in [9.17, 15) is 27.6 Å². The maximum atomic E-state index is 13.2. The van der Waals surface area contributed by atoms with Gasteiger partial charge in [0.25, 0.3) is 5.56 Å². The van der Waals surface area contributed by atoms with Gasteiger partial charge in [-0.2, -0.15) is 13.2 Å². The highest BCUT2D eigenvalue weighted by Gasteiger charge is 2.37. The molecule has 1 heterocycles. The second-order valence-corrected chi connectivity index (χ2v) is 5.77. The number of aromatic amines is 1. The van der Waals surface area contributed by atoms with Crippen LogP contribution in [0.4, 0.5) is 13.2 Å². The van der Waals surface area contributed by atoms with Crippen LogP contribution >= 0.6 is 0 Å². The SMILES string of the molecule is O=C(O)c1c[nH]c(=O)n(C2CCCc3c2cccc3C(F)(F)F)c1=O. The molecule has 1 aromatic carbocycles. The first-order valence-electron chi connectivity index (χ1n) is 7.48. The highest BCUT2D eigenvalue weighted by Crippen LogP contribution is 2.39. The average molecular weight is 354 g/mol. The van der Waals surface area contributed by atoms with E-state index in [4.69, 9.17) is 5.11 Å². The molecule has 2 aromatic rings. The third-order valence-electron chi connectivity index (χ3n) is 4.33. The van der Waals surface area contributed by atoms with Crippen molar-refractivity contribution in [2.45, 2.75) is 31.5 Å². The van der Waals surface area contributed by atoms with Gasteiger partial charge in [0.05, 0.1) is 11.6 Å². The van der Waals surface area contributed by atoms with Crippen molar-refractivity contribution in [3.8, 4) is 0 Å². The Kier molecular flexibility index (Phi) is 4.02. The number of aromatic carboxylic acids is 1. The van der Waals surface area contributed by atoms with Crippen molar-refractivity contribution in [2.24, 2.45) is 0 Å². The van der Waals surface area contributed by atoms with E-state index in [0.717, 1.165) is 12.3 Å². The van der Waals surface area contributed by atoms with Gasteiger partial charge < -0.3 is 10.1 Å². The minimum Gasteiger partial charge on any atom is -0.477 e. The number of aromatic nitrogens is 2. The molecule has 25 heavy (non-hydrogen) atoms. The van der Waals surface area contributed by atoms with E-state index in [0.29, 0.717) is 11.0 Å². The molecular formula is C16H13F3N2O4. The van der Waals surface area contributed by atoms with Crippen molar-refractivity contribution >= 4 is 5.97 Å². The molecule has 0 saturated carbocycles. The van der Waals surface area contributed by atoms with Crippen molar-refractivity contribution in [1.29, 1.82) is 0 Å². The summed E-state index contributed by atoms with van der Waals surface area (Å²) in [6.07, 6.45) is -2.98. The van der Waals surface area contributed by atoms with Gasteiger partial charge in [-0.15, -0.1) is 0 Å². The summed E-state index contributed by atoms with van der Waals surface area (Å²) in [6, 6.07) is 2.68. The van der Waals surface area contributed by atoms with Crippen LogP contribution in [0.3, 0.4) is 0 Å². The molecule has 1 aromatic heterocycles. The van der Waals surface area contributed by atoms with Gasteiger partial charge in [-0.05, 0) is 36.5 Å². The van der Waals surface area contributed by atoms with E-state index < -0.39 is 40.6 Å². The van der Waals surface area contributed by atoms with Crippen LogP contribution in [0.2, 0.25) is 0 Å². The zero-order valence-electron chi connectivity index (χ0n) is 12.8. The second kappa shape index (κ2) is 5.91. The predicted octanol–water partition coefficient (Wildman–Crippen LogP) is 2.18. The molecule has 0 saturated heterocycles. The van der Waals surface area contributed by atoms with Crippen molar-refractivity contribution < 1.29 is 23.1 Å². The molecule has 1 atom stereocenters. The summed E-state index contributed by atoms with van der Waals surface area (Å²) in [6.45, 7) is 0. The first kappa shape index (κ1) is 17.0. The largest absolute Gasteiger partial charge is 0.477 e. The number of rotatable bonds is 2. The number of alkyl halides is 3. The number of hydrogen-bond acceptors (Lipinski definition) is 3. The third kappa shape index (κ3) is 2.86. The Morgan fingerprint density at radius 2 is 2.00 bits per heavy atom. The van der Waals surface area contributed by atoms with Crippen molar-refractivity contribution in [2.75, 3.05) is 0 Å². The number of carboxylic acids is 1. The molecule has 0 bridgehead atoms. The van der Waals surface area contributed by atoms with E-state index in [-0.39, 0.29) is 24.0 Å². The van der Waals surface area contributed by atoms with Crippen LogP contribution in [-0.4, -0.2) is 20.6 Å². The lowest BCUT2D eigenvalue weighted by Gasteiger charge is -2.28. The minimum absolute atomic E-state index is 0.0401. The highest BCUT2D eigenvalue weighted by atomic mass is 19.4. The van der Waals surface area contributed by atoms with Crippen molar-refractivity contribution in [3.05, 3.63) is 67.5 Å². The number of H-pyrrole nitrogens is 1. The van der Waals surface area contributed by atoms with E-state index in [1.165, 1.54) is 12.1 Å². The molecule has 6 nitrogen and oxygen atoms in total. The normalized spacial score (nSPS) is 17.2. The van der Waals surface area contributed by atoms with Crippen LogP contribution in [0.15, 0.2) is 34.0 Å². The number of nitrogens with one attached hydrogen (secondary N) is 1. The molecule has 0 fully saturated rings. The Bertz CT molecular complexity index is 959. The average Bonchev–Trinajstić information content (AvgIpc) is 2.53. The molecule has 1 aliphatic rings.